The normalized spacial score (nSPS) is 42.6. The maximum absolute atomic E-state index is 10.6. The molecule has 3 heteroatoms. The zero-order valence-electron chi connectivity index (χ0n) is 12.9. The van der Waals surface area contributed by atoms with Crippen LogP contribution in [0.15, 0.2) is 0 Å². The predicted octanol–water partition coefficient (Wildman–Crippen LogP) is 2.52. The van der Waals surface area contributed by atoms with E-state index in [0.717, 1.165) is 31.2 Å². The quantitative estimate of drug-likeness (QED) is 0.832. The third kappa shape index (κ3) is 2.90. The van der Waals surface area contributed by atoms with Crippen LogP contribution in [0, 0.1) is 11.8 Å². The lowest BCUT2D eigenvalue weighted by atomic mass is 9.78. The molecule has 0 amide bonds. The number of fused-ring (bicyclic) bond motifs is 1. The van der Waals surface area contributed by atoms with Crippen molar-refractivity contribution < 1.29 is 5.11 Å². The van der Waals surface area contributed by atoms with Crippen LogP contribution < -0.4 is 5.73 Å². The zero-order valence-corrected chi connectivity index (χ0v) is 12.9. The fraction of sp³-hybridized carbons (Fsp3) is 1.00. The first-order valence-corrected chi connectivity index (χ1v) is 8.89. The molecular formula is C17H32N2O. The van der Waals surface area contributed by atoms with Crippen molar-refractivity contribution in [2.45, 2.75) is 75.9 Å². The molecule has 3 fully saturated rings. The van der Waals surface area contributed by atoms with Gasteiger partial charge in [0.05, 0.1) is 5.60 Å². The zero-order chi connectivity index (χ0) is 14.0. The lowest BCUT2D eigenvalue weighted by Crippen LogP contribution is -2.48. The number of hydrogen-bond donors (Lipinski definition) is 2. The molecule has 0 aromatic carbocycles. The summed E-state index contributed by atoms with van der Waals surface area (Å²) in [7, 11) is 0. The molecule has 0 spiro atoms. The Morgan fingerprint density at radius 1 is 1.05 bits per heavy atom. The van der Waals surface area contributed by atoms with Crippen molar-refractivity contribution in [3.63, 3.8) is 0 Å². The van der Waals surface area contributed by atoms with E-state index in [0.29, 0.717) is 12.5 Å². The minimum Gasteiger partial charge on any atom is -0.388 e. The van der Waals surface area contributed by atoms with Crippen molar-refractivity contribution in [3.8, 4) is 0 Å². The first kappa shape index (κ1) is 14.8. The van der Waals surface area contributed by atoms with Gasteiger partial charge in [-0.15, -0.1) is 0 Å². The van der Waals surface area contributed by atoms with Gasteiger partial charge in [-0.05, 0) is 69.9 Å². The SMILES string of the molecule is NCC1(O)CCCC1CCN1CCCC2CCCCC21. The highest BCUT2D eigenvalue weighted by molar-refractivity contribution is 4.94. The van der Waals surface area contributed by atoms with E-state index >= 15 is 0 Å². The van der Waals surface area contributed by atoms with E-state index in [1.54, 1.807) is 0 Å². The van der Waals surface area contributed by atoms with Crippen molar-refractivity contribution in [2.75, 3.05) is 19.6 Å². The molecule has 4 atom stereocenters. The molecule has 2 aliphatic carbocycles. The van der Waals surface area contributed by atoms with Crippen LogP contribution >= 0.6 is 0 Å². The van der Waals surface area contributed by atoms with Crippen LogP contribution in [0.25, 0.3) is 0 Å². The van der Waals surface area contributed by atoms with Gasteiger partial charge in [-0.3, -0.25) is 0 Å². The monoisotopic (exact) mass is 280 g/mol. The minimum atomic E-state index is -0.554. The van der Waals surface area contributed by atoms with E-state index in [1.165, 1.54) is 58.0 Å². The first-order chi connectivity index (χ1) is 9.73. The number of nitrogens with zero attached hydrogens (tertiary/aromatic N) is 1. The van der Waals surface area contributed by atoms with Crippen LogP contribution in [0.5, 0.6) is 0 Å². The second-order valence-electron chi connectivity index (χ2n) is 7.48. The molecule has 4 unspecified atom stereocenters. The molecule has 3 rings (SSSR count). The Hall–Kier alpha value is -0.120. The van der Waals surface area contributed by atoms with E-state index < -0.39 is 5.60 Å². The van der Waals surface area contributed by atoms with Gasteiger partial charge < -0.3 is 15.7 Å². The maximum atomic E-state index is 10.6. The molecule has 1 heterocycles. The number of aliphatic hydroxyl groups is 1. The Labute approximate surface area is 123 Å². The van der Waals surface area contributed by atoms with Gasteiger partial charge >= 0.3 is 0 Å². The molecule has 3 aliphatic rings. The summed E-state index contributed by atoms with van der Waals surface area (Å²) in [4.78, 5) is 2.75. The largest absolute Gasteiger partial charge is 0.388 e. The summed E-state index contributed by atoms with van der Waals surface area (Å²) in [5, 5.41) is 10.6. The van der Waals surface area contributed by atoms with Gasteiger partial charge in [-0.2, -0.15) is 0 Å². The Balaban J connectivity index is 1.54. The van der Waals surface area contributed by atoms with Crippen LogP contribution in [-0.4, -0.2) is 41.3 Å². The van der Waals surface area contributed by atoms with Gasteiger partial charge in [0.25, 0.3) is 0 Å². The van der Waals surface area contributed by atoms with Crippen molar-refractivity contribution >= 4 is 0 Å². The highest BCUT2D eigenvalue weighted by Gasteiger charge is 2.40. The van der Waals surface area contributed by atoms with Gasteiger partial charge in [-0.25, -0.2) is 0 Å². The Morgan fingerprint density at radius 2 is 1.85 bits per heavy atom. The molecule has 0 radical (unpaired) electrons. The lowest BCUT2D eigenvalue weighted by Gasteiger charge is -2.45. The van der Waals surface area contributed by atoms with Crippen molar-refractivity contribution in [2.24, 2.45) is 17.6 Å². The Morgan fingerprint density at radius 3 is 2.70 bits per heavy atom. The van der Waals surface area contributed by atoms with Gasteiger partial charge in [-0.1, -0.05) is 19.3 Å². The summed E-state index contributed by atoms with van der Waals surface area (Å²) in [6.45, 7) is 2.92. The highest BCUT2D eigenvalue weighted by Crippen LogP contribution is 2.39. The van der Waals surface area contributed by atoms with Crippen LogP contribution in [0.2, 0.25) is 0 Å². The fourth-order valence-electron chi connectivity index (χ4n) is 5.14. The summed E-state index contributed by atoms with van der Waals surface area (Å²) >= 11 is 0. The van der Waals surface area contributed by atoms with Crippen molar-refractivity contribution in [3.05, 3.63) is 0 Å². The van der Waals surface area contributed by atoms with Crippen LogP contribution in [0.3, 0.4) is 0 Å². The van der Waals surface area contributed by atoms with E-state index in [4.69, 9.17) is 5.73 Å². The molecular weight excluding hydrogens is 248 g/mol. The van der Waals surface area contributed by atoms with E-state index in [2.05, 4.69) is 4.90 Å². The molecule has 0 aromatic heterocycles. The van der Waals surface area contributed by atoms with Gasteiger partial charge in [0.2, 0.25) is 0 Å². The summed E-state index contributed by atoms with van der Waals surface area (Å²) in [5.74, 6) is 1.41. The average Bonchev–Trinajstić information content (AvgIpc) is 2.87. The molecule has 0 aromatic rings. The van der Waals surface area contributed by atoms with Gasteiger partial charge in [0.15, 0.2) is 0 Å². The van der Waals surface area contributed by atoms with Crippen LogP contribution in [0.1, 0.15) is 64.2 Å². The number of likely N-dealkylation sites (tertiary alicyclic amines) is 1. The summed E-state index contributed by atoms with van der Waals surface area (Å²) in [6.07, 6.45) is 13.0. The summed E-state index contributed by atoms with van der Waals surface area (Å²) in [5.41, 5.74) is 5.26. The average molecular weight is 280 g/mol. The second kappa shape index (κ2) is 6.33. The van der Waals surface area contributed by atoms with Gasteiger partial charge in [0.1, 0.15) is 0 Å². The van der Waals surface area contributed by atoms with E-state index in [1.807, 2.05) is 0 Å². The molecule has 1 aliphatic heterocycles. The Kier molecular flexibility index (Phi) is 4.68. The predicted molar refractivity (Wildman–Crippen MR) is 82.5 cm³/mol. The summed E-state index contributed by atoms with van der Waals surface area (Å²) < 4.78 is 0. The maximum Gasteiger partial charge on any atom is 0.0797 e. The molecule has 3 nitrogen and oxygen atoms in total. The lowest BCUT2D eigenvalue weighted by molar-refractivity contribution is -0.00439. The smallest absolute Gasteiger partial charge is 0.0797 e. The van der Waals surface area contributed by atoms with Crippen LogP contribution in [-0.2, 0) is 0 Å². The first-order valence-electron chi connectivity index (χ1n) is 8.89. The number of rotatable bonds is 4. The molecule has 2 saturated carbocycles. The highest BCUT2D eigenvalue weighted by atomic mass is 16.3. The van der Waals surface area contributed by atoms with Crippen LogP contribution in [0.4, 0.5) is 0 Å². The fourth-order valence-corrected chi connectivity index (χ4v) is 5.14. The van der Waals surface area contributed by atoms with E-state index in [-0.39, 0.29) is 0 Å². The molecule has 116 valence electrons. The molecule has 0 bridgehead atoms. The number of hydrogen-bond acceptors (Lipinski definition) is 3. The molecule has 3 N–H and O–H groups in total. The molecule has 1 saturated heterocycles. The summed E-state index contributed by atoms with van der Waals surface area (Å²) in [6, 6.07) is 0.852. The number of piperidine rings is 1. The van der Waals surface area contributed by atoms with Gasteiger partial charge in [0, 0.05) is 12.6 Å². The topological polar surface area (TPSA) is 49.5 Å². The van der Waals surface area contributed by atoms with E-state index in [9.17, 15) is 5.11 Å². The third-order valence-electron chi connectivity index (χ3n) is 6.40. The Bertz CT molecular complexity index is 320. The van der Waals surface area contributed by atoms with Crippen molar-refractivity contribution in [1.82, 2.24) is 4.90 Å². The standard InChI is InChI=1S/C17H32N2O/c18-13-17(20)10-3-7-15(17)9-12-19-11-4-6-14-5-1-2-8-16(14)19/h14-16,20H,1-13,18H2. The number of nitrogens with two attached hydrogens (primary N) is 1. The minimum absolute atomic E-state index is 0.441. The second-order valence-corrected chi connectivity index (χ2v) is 7.48. The third-order valence-corrected chi connectivity index (χ3v) is 6.40. The van der Waals surface area contributed by atoms with Crippen molar-refractivity contribution in [1.29, 1.82) is 0 Å². The molecule has 20 heavy (non-hydrogen) atoms.